The molecule has 0 saturated heterocycles. The van der Waals surface area contributed by atoms with Crippen molar-refractivity contribution in [1.29, 1.82) is 0 Å². The lowest BCUT2D eigenvalue weighted by Gasteiger charge is -2.08. The highest BCUT2D eigenvalue weighted by molar-refractivity contribution is 7.86. The average molecular weight is 408 g/mol. The molecule has 0 radical (unpaired) electrons. The number of nitrogens with zero attached hydrogens (tertiary/aromatic N) is 2. The van der Waals surface area contributed by atoms with Gasteiger partial charge in [0.2, 0.25) is 0 Å². The van der Waals surface area contributed by atoms with Gasteiger partial charge in [-0.3, -0.25) is 0 Å². The van der Waals surface area contributed by atoms with Gasteiger partial charge in [0.05, 0.1) is 26.2 Å². The Kier molecular flexibility index (Phi) is 6.31. The highest BCUT2D eigenvalue weighted by Gasteiger charge is 2.18. The summed E-state index contributed by atoms with van der Waals surface area (Å²) in [6.45, 7) is 0. The standard InChI is InChI=1S/C17H16N2O8S/c1-25-16(21)11-5-4-6-13(15(11)20)19-18-10-7-8-14(27-28(3,23)24)12(9-10)17(22)26-2/h4-9,20H,1-3H3. The van der Waals surface area contributed by atoms with Crippen LogP contribution in [0.25, 0.3) is 0 Å². The molecule has 148 valence electrons. The number of carbonyl (C=O) groups excluding carboxylic acids is 2. The lowest BCUT2D eigenvalue weighted by molar-refractivity contribution is 0.0589. The number of phenolic OH excluding ortho intramolecular Hbond substituents is 1. The number of phenols is 1. The van der Waals surface area contributed by atoms with Crippen molar-refractivity contribution >= 4 is 33.4 Å². The SMILES string of the molecule is COC(=O)c1cc(N=Nc2cccc(C(=O)OC)c2O)ccc1OS(C)(=O)=O. The normalized spacial score (nSPS) is 11.2. The molecule has 10 nitrogen and oxygen atoms in total. The highest BCUT2D eigenvalue weighted by atomic mass is 32.2. The van der Waals surface area contributed by atoms with Crippen LogP contribution in [0, 0.1) is 0 Å². The fourth-order valence-corrected chi connectivity index (χ4v) is 2.56. The Balaban J connectivity index is 2.42. The van der Waals surface area contributed by atoms with Crippen molar-refractivity contribution in [2.24, 2.45) is 10.2 Å². The van der Waals surface area contributed by atoms with Gasteiger partial charge in [0.15, 0.2) is 11.5 Å². The minimum atomic E-state index is -3.87. The zero-order chi connectivity index (χ0) is 20.9. The number of ether oxygens (including phenoxy) is 2. The molecule has 0 spiro atoms. The van der Waals surface area contributed by atoms with Crippen molar-refractivity contribution in [2.45, 2.75) is 0 Å². The summed E-state index contributed by atoms with van der Waals surface area (Å²) >= 11 is 0. The summed E-state index contributed by atoms with van der Waals surface area (Å²) < 4.78 is 36.6. The molecule has 0 aliphatic heterocycles. The van der Waals surface area contributed by atoms with Crippen LogP contribution in [0.5, 0.6) is 11.5 Å². The molecule has 0 fully saturated rings. The number of carbonyl (C=O) groups is 2. The topological polar surface area (TPSA) is 141 Å². The Hall–Kier alpha value is -3.47. The van der Waals surface area contributed by atoms with Gasteiger partial charge in [0.1, 0.15) is 16.8 Å². The van der Waals surface area contributed by atoms with E-state index in [-0.39, 0.29) is 28.3 Å². The minimum absolute atomic E-state index is 0.0148. The number of para-hydroxylation sites is 1. The molecule has 0 unspecified atom stereocenters. The van der Waals surface area contributed by atoms with Crippen LogP contribution in [0.15, 0.2) is 46.6 Å². The third-order valence-electron chi connectivity index (χ3n) is 3.30. The van der Waals surface area contributed by atoms with Gasteiger partial charge in [-0.1, -0.05) is 6.07 Å². The number of aromatic hydroxyl groups is 1. The quantitative estimate of drug-likeness (QED) is 0.437. The summed E-state index contributed by atoms with van der Waals surface area (Å²) in [5.41, 5.74) is -0.147. The molecule has 1 N–H and O–H groups in total. The first kappa shape index (κ1) is 20.8. The molecular formula is C17H16N2O8S. The number of methoxy groups -OCH3 is 2. The fourth-order valence-electron chi connectivity index (χ4n) is 2.08. The molecule has 2 aromatic carbocycles. The van der Waals surface area contributed by atoms with Gasteiger partial charge in [-0.25, -0.2) is 9.59 Å². The van der Waals surface area contributed by atoms with Gasteiger partial charge in [-0.05, 0) is 30.3 Å². The van der Waals surface area contributed by atoms with E-state index in [0.717, 1.165) is 13.4 Å². The summed E-state index contributed by atoms with van der Waals surface area (Å²) in [7, 11) is -1.58. The molecular weight excluding hydrogens is 392 g/mol. The number of azo groups is 1. The van der Waals surface area contributed by atoms with Crippen molar-refractivity contribution in [2.75, 3.05) is 20.5 Å². The van der Waals surface area contributed by atoms with E-state index in [1.807, 2.05) is 0 Å². The van der Waals surface area contributed by atoms with Crippen LogP contribution in [0.3, 0.4) is 0 Å². The Morgan fingerprint density at radius 1 is 0.964 bits per heavy atom. The van der Waals surface area contributed by atoms with E-state index in [1.54, 1.807) is 0 Å². The zero-order valence-corrected chi connectivity index (χ0v) is 15.9. The van der Waals surface area contributed by atoms with Crippen molar-refractivity contribution < 1.29 is 36.8 Å². The fraction of sp³-hybridized carbons (Fsp3) is 0.176. The number of rotatable bonds is 6. The Labute approximate surface area is 160 Å². The number of esters is 2. The van der Waals surface area contributed by atoms with Crippen LogP contribution < -0.4 is 4.18 Å². The maximum absolute atomic E-state index is 11.9. The first-order chi connectivity index (χ1) is 13.2. The van der Waals surface area contributed by atoms with Crippen molar-refractivity contribution in [3.05, 3.63) is 47.5 Å². The predicted octanol–water partition coefficient (Wildman–Crippen LogP) is 2.72. The molecule has 0 atom stereocenters. The Morgan fingerprint density at radius 2 is 1.61 bits per heavy atom. The van der Waals surface area contributed by atoms with E-state index in [1.165, 1.54) is 43.5 Å². The molecule has 2 aromatic rings. The van der Waals surface area contributed by atoms with Crippen LogP contribution in [0.4, 0.5) is 11.4 Å². The van der Waals surface area contributed by atoms with Gasteiger partial charge in [-0.2, -0.15) is 13.5 Å². The molecule has 0 bridgehead atoms. The molecule has 0 aliphatic rings. The number of benzene rings is 2. The molecule has 11 heteroatoms. The van der Waals surface area contributed by atoms with Gasteiger partial charge >= 0.3 is 22.1 Å². The van der Waals surface area contributed by atoms with Crippen LogP contribution in [-0.2, 0) is 19.6 Å². The number of hydrogen-bond acceptors (Lipinski definition) is 10. The van der Waals surface area contributed by atoms with E-state index in [9.17, 15) is 23.1 Å². The molecule has 0 heterocycles. The maximum Gasteiger partial charge on any atom is 0.341 e. The third kappa shape index (κ3) is 5.04. The van der Waals surface area contributed by atoms with Gasteiger partial charge in [0.25, 0.3) is 0 Å². The summed E-state index contributed by atoms with van der Waals surface area (Å²) in [6.07, 6.45) is 0.832. The summed E-state index contributed by atoms with van der Waals surface area (Å²) in [4.78, 5) is 23.5. The molecule has 0 aromatic heterocycles. The van der Waals surface area contributed by atoms with Crippen molar-refractivity contribution in [3.8, 4) is 11.5 Å². The van der Waals surface area contributed by atoms with Crippen LogP contribution in [0.1, 0.15) is 20.7 Å². The van der Waals surface area contributed by atoms with Crippen LogP contribution in [-0.4, -0.2) is 45.9 Å². The van der Waals surface area contributed by atoms with Crippen LogP contribution in [0.2, 0.25) is 0 Å². The van der Waals surface area contributed by atoms with E-state index in [0.29, 0.717) is 0 Å². The lowest BCUT2D eigenvalue weighted by Crippen LogP contribution is -2.10. The predicted molar refractivity (Wildman–Crippen MR) is 96.9 cm³/mol. The lowest BCUT2D eigenvalue weighted by atomic mass is 10.2. The zero-order valence-electron chi connectivity index (χ0n) is 15.1. The molecule has 2 rings (SSSR count). The van der Waals surface area contributed by atoms with Gasteiger partial charge < -0.3 is 18.8 Å². The minimum Gasteiger partial charge on any atom is -0.505 e. The smallest absolute Gasteiger partial charge is 0.341 e. The second kappa shape index (κ2) is 8.48. The Bertz CT molecular complexity index is 1050. The van der Waals surface area contributed by atoms with Gasteiger partial charge in [-0.15, -0.1) is 5.11 Å². The van der Waals surface area contributed by atoms with E-state index >= 15 is 0 Å². The molecule has 0 aliphatic carbocycles. The summed E-state index contributed by atoms with van der Waals surface area (Å²) in [6, 6.07) is 8.00. The van der Waals surface area contributed by atoms with E-state index in [2.05, 4.69) is 19.7 Å². The maximum atomic E-state index is 11.9. The van der Waals surface area contributed by atoms with E-state index in [4.69, 9.17) is 4.18 Å². The summed E-state index contributed by atoms with van der Waals surface area (Å²) in [5.74, 6) is -2.25. The molecule has 0 amide bonds. The van der Waals surface area contributed by atoms with Crippen molar-refractivity contribution in [3.63, 3.8) is 0 Å². The largest absolute Gasteiger partial charge is 0.505 e. The van der Waals surface area contributed by atoms with Gasteiger partial charge in [0, 0.05) is 0 Å². The second-order valence-corrected chi connectivity index (χ2v) is 6.90. The van der Waals surface area contributed by atoms with Crippen molar-refractivity contribution in [1.82, 2.24) is 0 Å². The molecule has 0 saturated carbocycles. The Morgan fingerprint density at radius 3 is 2.21 bits per heavy atom. The average Bonchev–Trinajstić information content (AvgIpc) is 2.65. The monoisotopic (exact) mass is 408 g/mol. The van der Waals surface area contributed by atoms with Crippen LogP contribution >= 0.6 is 0 Å². The molecule has 28 heavy (non-hydrogen) atoms. The first-order valence-corrected chi connectivity index (χ1v) is 9.41. The first-order valence-electron chi connectivity index (χ1n) is 7.60. The van der Waals surface area contributed by atoms with E-state index < -0.39 is 27.8 Å². The summed E-state index contributed by atoms with van der Waals surface area (Å²) in [5, 5.41) is 17.8. The third-order valence-corrected chi connectivity index (χ3v) is 3.79. The number of hydrogen-bond donors (Lipinski definition) is 1. The highest BCUT2D eigenvalue weighted by Crippen LogP contribution is 2.33. The second-order valence-electron chi connectivity index (χ2n) is 5.32.